The Morgan fingerprint density at radius 1 is 1.19 bits per heavy atom. The van der Waals surface area contributed by atoms with Crippen molar-refractivity contribution < 1.29 is 14.3 Å². The smallest absolute Gasteiger partial charge is 0.254 e. The van der Waals surface area contributed by atoms with Gasteiger partial charge in [-0.1, -0.05) is 6.58 Å². The van der Waals surface area contributed by atoms with Crippen molar-refractivity contribution in [3.63, 3.8) is 0 Å². The van der Waals surface area contributed by atoms with Gasteiger partial charge >= 0.3 is 0 Å². The topological polar surface area (TPSA) is 166 Å². The summed E-state index contributed by atoms with van der Waals surface area (Å²) < 4.78 is 7.25. The fourth-order valence-corrected chi connectivity index (χ4v) is 4.39. The molecule has 2 fully saturated rings. The standard InChI is InChI=1S/C24H28N10O3/c1-3-18(35)33-8-4-5-16(12-33)34-11-15(9-29-34)30-24-26-10-17(21(25)36)22(32-24)31-20-19(14-6-7-14)27-13-28-23(20)37-2/h3,9-11,13-14,16H,1,4-8,12H2,2H3,(H2,25,36)(H2,26,30,31,32)/t16-/m0/s1. The van der Waals surface area contributed by atoms with Crippen LogP contribution in [-0.2, 0) is 4.79 Å². The molecule has 4 heterocycles. The van der Waals surface area contributed by atoms with E-state index in [1.54, 1.807) is 11.1 Å². The molecule has 0 bridgehead atoms. The number of nitrogens with two attached hydrogens (primary N) is 1. The molecule has 0 aromatic carbocycles. The maximum absolute atomic E-state index is 12.1. The zero-order chi connectivity index (χ0) is 25.9. The number of hydrogen-bond acceptors (Lipinski definition) is 10. The summed E-state index contributed by atoms with van der Waals surface area (Å²) in [7, 11) is 1.52. The fourth-order valence-electron chi connectivity index (χ4n) is 4.39. The monoisotopic (exact) mass is 504 g/mol. The summed E-state index contributed by atoms with van der Waals surface area (Å²) in [6, 6.07) is 0.0509. The summed E-state index contributed by atoms with van der Waals surface area (Å²) in [4.78, 5) is 43.3. The maximum atomic E-state index is 12.1. The molecule has 37 heavy (non-hydrogen) atoms. The first-order valence-electron chi connectivity index (χ1n) is 12.0. The third-order valence-electron chi connectivity index (χ3n) is 6.41. The van der Waals surface area contributed by atoms with Crippen molar-refractivity contribution in [2.24, 2.45) is 5.73 Å². The number of carbonyl (C=O) groups is 2. The van der Waals surface area contributed by atoms with Gasteiger partial charge < -0.3 is 26.0 Å². The van der Waals surface area contributed by atoms with Crippen LogP contribution in [0.25, 0.3) is 0 Å². The van der Waals surface area contributed by atoms with Crippen molar-refractivity contribution in [1.29, 1.82) is 0 Å². The van der Waals surface area contributed by atoms with Gasteiger partial charge in [0.2, 0.25) is 17.7 Å². The molecule has 0 spiro atoms. The minimum atomic E-state index is -0.679. The number of nitrogens with one attached hydrogen (secondary N) is 2. The van der Waals surface area contributed by atoms with E-state index in [1.807, 2.05) is 10.9 Å². The molecule has 2 amide bonds. The highest BCUT2D eigenvalue weighted by Crippen LogP contribution is 2.45. The second kappa shape index (κ2) is 10.2. The highest BCUT2D eigenvalue weighted by molar-refractivity contribution is 5.98. The Morgan fingerprint density at radius 3 is 2.76 bits per heavy atom. The molecule has 3 aromatic rings. The van der Waals surface area contributed by atoms with E-state index in [-0.39, 0.29) is 29.3 Å². The van der Waals surface area contributed by atoms with E-state index >= 15 is 0 Å². The lowest BCUT2D eigenvalue weighted by Gasteiger charge is -2.32. The molecule has 0 radical (unpaired) electrons. The van der Waals surface area contributed by atoms with Crippen LogP contribution in [0.2, 0.25) is 0 Å². The number of hydrogen-bond donors (Lipinski definition) is 3. The third-order valence-corrected chi connectivity index (χ3v) is 6.41. The van der Waals surface area contributed by atoms with Crippen LogP contribution in [0.5, 0.6) is 5.88 Å². The summed E-state index contributed by atoms with van der Waals surface area (Å²) in [5, 5.41) is 10.7. The molecule has 2 aliphatic rings. The molecule has 1 atom stereocenters. The Hall–Kier alpha value is -4.55. The first-order valence-corrected chi connectivity index (χ1v) is 12.0. The van der Waals surface area contributed by atoms with Crippen LogP contribution in [0, 0.1) is 0 Å². The highest BCUT2D eigenvalue weighted by atomic mass is 16.5. The number of nitrogens with zero attached hydrogens (tertiary/aromatic N) is 7. The maximum Gasteiger partial charge on any atom is 0.254 e. The normalized spacial score (nSPS) is 17.2. The quantitative estimate of drug-likeness (QED) is 0.368. The molecular formula is C24H28N10O3. The lowest BCUT2D eigenvalue weighted by molar-refractivity contribution is -0.127. The minimum absolute atomic E-state index is 0.0509. The zero-order valence-electron chi connectivity index (χ0n) is 20.4. The number of aromatic nitrogens is 6. The summed E-state index contributed by atoms with van der Waals surface area (Å²) in [6.45, 7) is 4.85. The number of methoxy groups -OCH3 is 1. The number of carbonyl (C=O) groups excluding carboxylic acids is 2. The van der Waals surface area contributed by atoms with E-state index in [4.69, 9.17) is 10.5 Å². The lowest BCUT2D eigenvalue weighted by atomic mass is 10.1. The van der Waals surface area contributed by atoms with Crippen molar-refractivity contribution in [3.05, 3.63) is 48.8 Å². The van der Waals surface area contributed by atoms with Crippen molar-refractivity contribution in [2.75, 3.05) is 30.8 Å². The molecule has 5 rings (SSSR count). The number of primary amides is 1. The fraction of sp³-hybridized carbons (Fsp3) is 0.375. The van der Waals surface area contributed by atoms with Crippen molar-refractivity contribution >= 4 is 35.0 Å². The predicted octanol–water partition coefficient (Wildman–Crippen LogP) is 2.28. The number of piperidine rings is 1. The van der Waals surface area contributed by atoms with Gasteiger partial charge in [-0.05, 0) is 31.8 Å². The number of rotatable bonds is 9. The van der Waals surface area contributed by atoms with Crippen molar-refractivity contribution in [3.8, 4) is 5.88 Å². The Bertz CT molecular complexity index is 1340. The molecule has 13 heteroatoms. The van der Waals surface area contributed by atoms with Crippen LogP contribution < -0.4 is 21.1 Å². The first kappa shape index (κ1) is 24.2. The lowest BCUT2D eigenvalue weighted by Crippen LogP contribution is -2.39. The minimum Gasteiger partial charge on any atom is -0.479 e. The number of likely N-dealkylation sites (tertiary alicyclic amines) is 1. The summed E-state index contributed by atoms with van der Waals surface area (Å²) in [5.74, 6) is 0.323. The van der Waals surface area contributed by atoms with Gasteiger partial charge in [0, 0.05) is 31.4 Å². The number of anilines is 4. The summed E-state index contributed by atoms with van der Waals surface area (Å²) >= 11 is 0. The van der Waals surface area contributed by atoms with Gasteiger partial charge in [-0.2, -0.15) is 15.1 Å². The van der Waals surface area contributed by atoms with E-state index in [9.17, 15) is 9.59 Å². The summed E-state index contributed by atoms with van der Waals surface area (Å²) in [5.41, 5.74) is 7.71. The molecule has 1 aliphatic heterocycles. The van der Waals surface area contributed by atoms with E-state index in [1.165, 1.54) is 25.7 Å². The molecule has 1 saturated heterocycles. The van der Waals surface area contributed by atoms with Crippen LogP contribution in [0.4, 0.5) is 23.1 Å². The summed E-state index contributed by atoms with van der Waals surface area (Å²) in [6.07, 6.45) is 11.5. The van der Waals surface area contributed by atoms with E-state index in [0.29, 0.717) is 36.3 Å². The second-order valence-electron chi connectivity index (χ2n) is 8.98. The van der Waals surface area contributed by atoms with E-state index < -0.39 is 5.91 Å². The second-order valence-corrected chi connectivity index (χ2v) is 8.98. The van der Waals surface area contributed by atoms with Crippen molar-refractivity contribution in [1.82, 2.24) is 34.6 Å². The molecule has 1 saturated carbocycles. The van der Waals surface area contributed by atoms with Gasteiger partial charge in [0.1, 0.15) is 23.4 Å². The Morgan fingerprint density at radius 2 is 2.03 bits per heavy atom. The molecule has 1 aliphatic carbocycles. The third kappa shape index (κ3) is 5.20. The van der Waals surface area contributed by atoms with Crippen LogP contribution in [0.1, 0.15) is 53.7 Å². The van der Waals surface area contributed by atoms with Crippen LogP contribution in [0.3, 0.4) is 0 Å². The van der Waals surface area contributed by atoms with Gasteiger partial charge in [-0.3, -0.25) is 14.3 Å². The van der Waals surface area contributed by atoms with Gasteiger partial charge in [0.15, 0.2) is 0 Å². The van der Waals surface area contributed by atoms with E-state index in [0.717, 1.165) is 31.4 Å². The van der Waals surface area contributed by atoms with Crippen LogP contribution >= 0.6 is 0 Å². The zero-order valence-corrected chi connectivity index (χ0v) is 20.4. The molecule has 3 aromatic heterocycles. The van der Waals surface area contributed by atoms with E-state index in [2.05, 4.69) is 42.2 Å². The van der Waals surface area contributed by atoms with Gasteiger partial charge in [-0.25, -0.2) is 9.97 Å². The molecule has 13 nitrogen and oxygen atoms in total. The predicted molar refractivity (Wildman–Crippen MR) is 135 cm³/mol. The van der Waals surface area contributed by atoms with Crippen molar-refractivity contribution in [2.45, 2.75) is 37.6 Å². The largest absolute Gasteiger partial charge is 0.479 e. The average molecular weight is 505 g/mol. The molecular weight excluding hydrogens is 476 g/mol. The first-order chi connectivity index (χ1) is 18.0. The van der Waals surface area contributed by atoms with Crippen LogP contribution in [-0.4, -0.2) is 66.6 Å². The van der Waals surface area contributed by atoms with Gasteiger partial charge in [-0.15, -0.1) is 0 Å². The molecule has 0 unspecified atom stereocenters. The van der Waals surface area contributed by atoms with Gasteiger partial charge in [0.05, 0.1) is 30.7 Å². The number of amides is 2. The van der Waals surface area contributed by atoms with Crippen LogP contribution in [0.15, 0.2) is 37.6 Å². The Kier molecular flexibility index (Phi) is 6.66. The molecule has 192 valence electrons. The van der Waals surface area contributed by atoms with Gasteiger partial charge in [0.25, 0.3) is 5.91 Å². The number of ether oxygens (including phenoxy) is 1. The Labute approximate surface area is 213 Å². The highest BCUT2D eigenvalue weighted by Gasteiger charge is 2.30. The average Bonchev–Trinajstić information content (AvgIpc) is 3.66. The molecule has 4 N–H and O–H groups in total. The SMILES string of the molecule is C=CC(=O)N1CCC[C@H](n2cc(Nc3ncc(C(N)=O)c(Nc4c(OC)ncnc4C4CC4)n3)cn2)C1. The Balaban J connectivity index is 1.38.